The molecule has 3 heterocycles. The van der Waals surface area contributed by atoms with Gasteiger partial charge in [-0.3, -0.25) is 4.90 Å². The topological polar surface area (TPSA) is 116 Å². The summed E-state index contributed by atoms with van der Waals surface area (Å²) < 4.78 is 68.2. The van der Waals surface area contributed by atoms with Gasteiger partial charge in [0.25, 0.3) is 16.4 Å². The number of sulfonamides is 1. The van der Waals surface area contributed by atoms with Crippen LogP contribution in [0.3, 0.4) is 0 Å². The zero-order valence-electron chi connectivity index (χ0n) is 18.8. The molecule has 192 valence electrons. The van der Waals surface area contributed by atoms with Gasteiger partial charge in [-0.2, -0.15) is 8.42 Å². The number of rotatable bonds is 9. The third-order valence-electron chi connectivity index (χ3n) is 5.68. The van der Waals surface area contributed by atoms with E-state index in [0.717, 1.165) is 55.0 Å². The van der Waals surface area contributed by atoms with Crippen molar-refractivity contribution in [2.75, 3.05) is 22.7 Å². The zero-order chi connectivity index (χ0) is 25.9. The summed E-state index contributed by atoms with van der Waals surface area (Å²) in [6.07, 6.45) is -2.94. The number of likely N-dealkylation sites (tertiary alicyclic amines) is 1. The summed E-state index contributed by atoms with van der Waals surface area (Å²) in [6, 6.07) is 6.62. The van der Waals surface area contributed by atoms with Crippen molar-refractivity contribution in [1.82, 2.24) is 14.9 Å². The van der Waals surface area contributed by atoms with E-state index in [1.807, 2.05) is 0 Å². The highest BCUT2D eigenvalue weighted by atomic mass is 32.2. The zero-order valence-corrected chi connectivity index (χ0v) is 20.4. The van der Waals surface area contributed by atoms with E-state index in [4.69, 9.17) is 0 Å². The minimum absolute atomic E-state index is 0.0296. The molecule has 14 heteroatoms. The van der Waals surface area contributed by atoms with Crippen molar-refractivity contribution < 1.29 is 31.5 Å². The molecule has 1 saturated heterocycles. The molecule has 1 fully saturated rings. The maximum Gasteiger partial charge on any atom is 0.427 e. The monoisotopic (exact) mass is 541 g/mol. The van der Waals surface area contributed by atoms with Gasteiger partial charge in [0.05, 0.1) is 11.2 Å². The van der Waals surface area contributed by atoms with Crippen molar-refractivity contribution in [3.63, 3.8) is 0 Å². The number of pyridine rings is 1. The van der Waals surface area contributed by atoms with Crippen LogP contribution < -0.4 is 9.62 Å². The number of hydrogen-bond acceptors (Lipinski definition) is 8. The summed E-state index contributed by atoms with van der Waals surface area (Å²) in [5.41, 5.74) is 1.15. The lowest BCUT2D eigenvalue weighted by molar-refractivity contribution is 0.146. The Morgan fingerprint density at radius 3 is 2.61 bits per heavy atom. The van der Waals surface area contributed by atoms with Crippen LogP contribution in [-0.2, 0) is 23.1 Å². The number of alkyl halides is 2. The number of carboxylic acid groups (broad SMARTS) is 1. The molecule has 2 N–H and O–H groups in total. The van der Waals surface area contributed by atoms with E-state index in [0.29, 0.717) is 12.1 Å². The van der Waals surface area contributed by atoms with Gasteiger partial charge in [0.2, 0.25) is 0 Å². The third kappa shape index (κ3) is 5.44. The van der Waals surface area contributed by atoms with Gasteiger partial charge in [0, 0.05) is 24.0 Å². The molecule has 1 aromatic carbocycles. The van der Waals surface area contributed by atoms with Gasteiger partial charge in [-0.25, -0.2) is 27.9 Å². The van der Waals surface area contributed by atoms with Crippen LogP contribution in [0.1, 0.15) is 36.1 Å². The van der Waals surface area contributed by atoms with Gasteiger partial charge in [-0.05, 0) is 49.7 Å². The van der Waals surface area contributed by atoms with Crippen molar-refractivity contribution in [2.24, 2.45) is 0 Å². The lowest BCUT2D eigenvalue weighted by Crippen LogP contribution is -2.36. The lowest BCUT2D eigenvalue weighted by Gasteiger charge is -2.20. The highest BCUT2D eigenvalue weighted by Crippen LogP contribution is 2.30. The minimum atomic E-state index is -4.85. The van der Waals surface area contributed by atoms with Crippen LogP contribution >= 0.6 is 11.3 Å². The van der Waals surface area contributed by atoms with Gasteiger partial charge < -0.3 is 10.4 Å². The van der Waals surface area contributed by atoms with Crippen LogP contribution in [-0.4, -0.2) is 47.6 Å². The number of nitrogens with one attached hydrogen (secondary N) is 1. The van der Waals surface area contributed by atoms with E-state index in [1.54, 1.807) is 12.1 Å². The largest absolute Gasteiger partial charge is 0.464 e. The first-order valence-corrected chi connectivity index (χ1v) is 13.2. The van der Waals surface area contributed by atoms with Crippen molar-refractivity contribution in [3.8, 4) is 0 Å². The molecule has 2 aromatic heterocycles. The van der Waals surface area contributed by atoms with Gasteiger partial charge in [0.1, 0.15) is 11.5 Å². The fourth-order valence-electron chi connectivity index (χ4n) is 3.95. The summed E-state index contributed by atoms with van der Waals surface area (Å²) in [6.45, 7) is 2.18. The van der Waals surface area contributed by atoms with E-state index in [-0.39, 0.29) is 16.5 Å². The standard InChI is InChI=1S/C22H22F3N5O4S2/c23-16-5-3-4-14(11-29-8-1-2-9-29)15(16)10-26-17-6-7-19(28-20(17)21(24)25)36(33,34)30(22(31)32)18-12-35-13-27-18/h3-7,12-13,21,26H,1-2,8-11H2,(H,31,32). The Balaban J connectivity index is 1.61. The SMILES string of the molecule is O=C(O)N(c1cscn1)S(=O)(=O)c1ccc(NCc2c(F)cccc2CN2CCCC2)c(C(F)F)n1. The molecule has 4 rings (SSSR count). The first kappa shape index (κ1) is 25.9. The molecule has 1 amide bonds. The number of anilines is 2. The number of amides is 1. The minimum Gasteiger partial charge on any atom is -0.464 e. The molecule has 0 radical (unpaired) electrons. The number of thiazole rings is 1. The van der Waals surface area contributed by atoms with Crippen LogP contribution in [0.2, 0.25) is 0 Å². The fourth-order valence-corrected chi connectivity index (χ4v) is 5.73. The number of nitrogens with zero attached hydrogens (tertiary/aromatic N) is 4. The first-order valence-electron chi connectivity index (χ1n) is 10.9. The summed E-state index contributed by atoms with van der Waals surface area (Å²) >= 11 is 0.959. The summed E-state index contributed by atoms with van der Waals surface area (Å²) in [5, 5.41) is 12.5. The molecule has 0 unspecified atom stereocenters. The predicted octanol–water partition coefficient (Wildman–Crippen LogP) is 4.70. The van der Waals surface area contributed by atoms with Crippen molar-refractivity contribution in [2.45, 2.75) is 37.4 Å². The maximum absolute atomic E-state index is 14.6. The Morgan fingerprint density at radius 1 is 1.22 bits per heavy atom. The molecule has 0 saturated carbocycles. The Bertz CT molecular complexity index is 1330. The Kier molecular flexibility index (Phi) is 7.76. The summed E-state index contributed by atoms with van der Waals surface area (Å²) in [5.74, 6) is -0.898. The van der Waals surface area contributed by atoms with E-state index < -0.39 is 44.9 Å². The molecule has 1 aliphatic heterocycles. The average Bonchev–Trinajstić information content (AvgIpc) is 3.53. The molecule has 0 spiro atoms. The first-order chi connectivity index (χ1) is 17.2. The van der Waals surface area contributed by atoms with Crippen LogP contribution in [0.15, 0.2) is 46.2 Å². The van der Waals surface area contributed by atoms with Crippen molar-refractivity contribution in [3.05, 3.63) is 63.9 Å². The van der Waals surface area contributed by atoms with Gasteiger partial charge in [0.15, 0.2) is 10.8 Å². The molecule has 0 aliphatic carbocycles. The highest BCUT2D eigenvalue weighted by molar-refractivity contribution is 7.93. The fraction of sp³-hybridized carbons (Fsp3) is 0.318. The second kappa shape index (κ2) is 10.8. The lowest BCUT2D eigenvalue weighted by atomic mass is 10.1. The van der Waals surface area contributed by atoms with E-state index in [2.05, 4.69) is 20.2 Å². The van der Waals surface area contributed by atoms with Crippen LogP contribution in [0.25, 0.3) is 0 Å². The smallest absolute Gasteiger partial charge is 0.427 e. The van der Waals surface area contributed by atoms with Gasteiger partial charge in [-0.15, -0.1) is 15.6 Å². The quantitative estimate of drug-likeness (QED) is 0.401. The number of aromatic nitrogens is 2. The number of benzene rings is 1. The molecule has 0 bridgehead atoms. The molecule has 0 atom stereocenters. The van der Waals surface area contributed by atoms with Crippen molar-refractivity contribution >= 4 is 39.0 Å². The number of carbonyl (C=O) groups is 1. The van der Waals surface area contributed by atoms with E-state index in [9.17, 15) is 31.5 Å². The Labute approximate surface area is 209 Å². The second-order valence-electron chi connectivity index (χ2n) is 8.00. The molecule has 3 aromatic rings. The Hall–Kier alpha value is -3.23. The summed E-state index contributed by atoms with van der Waals surface area (Å²) in [4.78, 5) is 21.1. The van der Waals surface area contributed by atoms with Crippen LogP contribution in [0.4, 0.5) is 29.5 Å². The molecule has 1 aliphatic rings. The number of halogens is 3. The third-order valence-corrected chi connectivity index (χ3v) is 7.83. The highest BCUT2D eigenvalue weighted by Gasteiger charge is 2.34. The van der Waals surface area contributed by atoms with Crippen LogP contribution in [0, 0.1) is 5.82 Å². The van der Waals surface area contributed by atoms with Crippen molar-refractivity contribution in [1.29, 1.82) is 0 Å². The van der Waals surface area contributed by atoms with E-state index in [1.165, 1.54) is 17.0 Å². The molecular weight excluding hydrogens is 519 g/mol. The molecular formula is C22H22F3N5O4S2. The second-order valence-corrected chi connectivity index (χ2v) is 10.4. The van der Waals surface area contributed by atoms with Crippen LogP contribution in [0.5, 0.6) is 0 Å². The molecule has 36 heavy (non-hydrogen) atoms. The average molecular weight is 542 g/mol. The Morgan fingerprint density at radius 2 is 1.97 bits per heavy atom. The molecule has 9 nitrogen and oxygen atoms in total. The normalized spacial score (nSPS) is 14.3. The van der Waals surface area contributed by atoms with Gasteiger partial charge >= 0.3 is 6.09 Å². The maximum atomic E-state index is 14.6. The van der Waals surface area contributed by atoms with E-state index >= 15 is 0 Å². The van der Waals surface area contributed by atoms with Gasteiger partial charge in [-0.1, -0.05) is 12.1 Å². The predicted molar refractivity (Wildman–Crippen MR) is 127 cm³/mol. The summed E-state index contributed by atoms with van der Waals surface area (Å²) in [7, 11) is -4.85. The number of hydrogen-bond donors (Lipinski definition) is 2.